The summed E-state index contributed by atoms with van der Waals surface area (Å²) in [6.07, 6.45) is 0. The van der Waals surface area contributed by atoms with Gasteiger partial charge in [-0.1, -0.05) is 70.7 Å². The van der Waals surface area contributed by atoms with E-state index in [1.54, 1.807) is 42.1 Å². The lowest BCUT2D eigenvalue weighted by Gasteiger charge is -2.25. The number of amides is 1. The smallest absolute Gasteiger partial charge is 0.264 e. The van der Waals surface area contributed by atoms with Gasteiger partial charge in [0, 0.05) is 33.1 Å². The van der Waals surface area contributed by atoms with Gasteiger partial charge in [0.05, 0.1) is 15.6 Å². The standard InChI is InChI=1S/C23H20Cl4N2O3S2/c24-17-7-6-16(20(26)12-17)15-33-11-10-28-23(30)14-29(22-9-8-18(25)13-21(22)27)34(31,32)19-4-2-1-3-5-19/h1-9,12-13H,10-11,14-15H2,(H,28,30). The Bertz CT molecular complexity index is 1260. The highest BCUT2D eigenvalue weighted by molar-refractivity contribution is 7.98. The zero-order valence-corrected chi connectivity index (χ0v) is 22.3. The maximum atomic E-state index is 13.3. The Morgan fingerprint density at radius 1 is 0.882 bits per heavy atom. The van der Waals surface area contributed by atoms with Crippen LogP contribution < -0.4 is 9.62 Å². The first-order valence-electron chi connectivity index (χ1n) is 9.99. The SMILES string of the molecule is O=C(CN(c1ccc(Cl)cc1Cl)S(=O)(=O)c1ccccc1)NCCSCc1ccc(Cl)cc1Cl. The molecule has 1 amide bonds. The molecule has 34 heavy (non-hydrogen) atoms. The molecular weight excluding hydrogens is 558 g/mol. The van der Waals surface area contributed by atoms with E-state index in [1.165, 1.54) is 30.3 Å². The van der Waals surface area contributed by atoms with Gasteiger partial charge in [0.25, 0.3) is 10.0 Å². The molecular formula is C23H20Cl4N2O3S2. The summed E-state index contributed by atoms with van der Waals surface area (Å²) in [6, 6.07) is 17.6. The average Bonchev–Trinajstić information content (AvgIpc) is 2.79. The van der Waals surface area contributed by atoms with Gasteiger partial charge in [-0.05, 0) is 48.0 Å². The van der Waals surface area contributed by atoms with Crippen LogP contribution in [-0.4, -0.2) is 33.2 Å². The summed E-state index contributed by atoms with van der Waals surface area (Å²) in [7, 11) is -4.05. The van der Waals surface area contributed by atoms with Gasteiger partial charge < -0.3 is 5.32 Å². The molecule has 0 saturated carbocycles. The Hall–Kier alpha value is -1.61. The van der Waals surface area contributed by atoms with Crippen molar-refractivity contribution in [2.45, 2.75) is 10.6 Å². The van der Waals surface area contributed by atoms with Gasteiger partial charge in [-0.3, -0.25) is 9.10 Å². The highest BCUT2D eigenvalue weighted by Crippen LogP contribution is 2.32. The summed E-state index contributed by atoms with van der Waals surface area (Å²) in [5, 5.41) is 4.39. The highest BCUT2D eigenvalue weighted by Gasteiger charge is 2.28. The van der Waals surface area contributed by atoms with Gasteiger partial charge >= 0.3 is 0 Å². The average molecular weight is 578 g/mol. The third-order valence-corrected chi connectivity index (χ3v) is 8.54. The number of benzene rings is 3. The van der Waals surface area contributed by atoms with Crippen LogP contribution in [-0.2, 0) is 20.6 Å². The molecule has 0 aliphatic rings. The molecule has 0 saturated heterocycles. The Balaban J connectivity index is 1.66. The largest absolute Gasteiger partial charge is 0.354 e. The highest BCUT2D eigenvalue weighted by atomic mass is 35.5. The van der Waals surface area contributed by atoms with Gasteiger partial charge in [-0.2, -0.15) is 11.8 Å². The molecule has 0 heterocycles. The summed E-state index contributed by atoms with van der Waals surface area (Å²) in [5.74, 6) is 0.800. The summed E-state index contributed by atoms with van der Waals surface area (Å²) in [4.78, 5) is 12.7. The predicted octanol–water partition coefficient (Wildman–Crippen LogP) is 6.55. The second-order valence-corrected chi connectivity index (χ2v) is 11.7. The fourth-order valence-electron chi connectivity index (χ4n) is 2.97. The number of thioether (sulfide) groups is 1. The molecule has 0 fully saturated rings. The minimum atomic E-state index is -4.05. The van der Waals surface area contributed by atoms with Gasteiger partial charge in [0.15, 0.2) is 0 Å². The van der Waals surface area contributed by atoms with Gasteiger partial charge in [-0.25, -0.2) is 8.42 Å². The van der Waals surface area contributed by atoms with E-state index in [4.69, 9.17) is 46.4 Å². The number of sulfonamides is 1. The van der Waals surface area contributed by atoms with Crippen LogP contribution in [0.4, 0.5) is 5.69 Å². The maximum Gasteiger partial charge on any atom is 0.264 e. The van der Waals surface area contributed by atoms with Crippen molar-refractivity contribution in [3.05, 3.63) is 92.4 Å². The van der Waals surface area contributed by atoms with Crippen molar-refractivity contribution in [2.75, 3.05) is 23.1 Å². The van der Waals surface area contributed by atoms with E-state index >= 15 is 0 Å². The fourth-order valence-corrected chi connectivity index (χ4v) is 6.41. The molecule has 0 aliphatic heterocycles. The molecule has 0 radical (unpaired) electrons. The number of rotatable bonds is 10. The van der Waals surface area contributed by atoms with Crippen LogP contribution in [0, 0.1) is 0 Å². The van der Waals surface area contributed by atoms with Crippen LogP contribution in [0.3, 0.4) is 0 Å². The van der Waals surface area contributed by atoms with Crippen LogP contribution in [0.25, 0.3) is 0 Å². The first-order chi connectivity index (χ1) is 16.2. The van der Waals surface area contributed by atoms with Crippen LogP contribution in [0.15, 0.2) is 71.6 Å². The molecule has 0 aliphatic carbocycles. The van der Waals surface area contributed by atoms with E-state index in [9.17, 15) is 13.2 Å². The maximum absolute atomic E-state index is 13.3. The van der Waals surface area contributed by atoms with Crippen molar-refractivity contribution in [2.24, 2.45) is 0 Å². The Morgan fingerprint density at radius 2 is 1.53 bits per heavy atom. The lowest BCUT2D eigenvalue weighted by Crippen LogP contribution is -2.41. The van der Waals surface area contributed by atoms with E-state index < -0.39 is 22.5 Å². The van der Waals surface area contributed by atoms with Crippen molar-refractivity contribution in [1.29, 1.82) is 0 Å². The van der Waals surface area contributed by atoms with Crippen molar-refractivity contribution in [1.82, 2.24) is 5.32 Å². The third kappa shape index (κ3) is 7.20. The molecule has 0 aromatic heterocycles. The molecule has 0 atom stereocenters. The first-order valence-corrected chi connectivity index (χ1v) is 14.1. The van der Waals surface area contributed by atoms with Crippen LogP contribution in [0.2, 0.25) is 20.1 Å². The molecule has 3 rings (SSSR count). The third-order valence-electron chi connectivity index (χ3n) is 4.64. The van der Waals surface area contributed by atoms with Crippen molar-refractivity contribution in [3.63, 3.8) is 0 Å². The number of hydrogen-bond donors (Lipinski definition) is 1. The number of halogens is 4. The second kappa shape index (κ2) is 12.4. The molecule has 1 N–H and O–H groups in total. The van der Waals surface area contributed by atoms with E-state index in [1.807, 2.05) is 6.07 Å². The Kier molecular flexibility index (Phi) is 9.83. The monoisotopic (exact) mass is 576 g/mol. The van der Waals surface area contributed by atoms with Gasteiger partial charge in [0.2, 0.25) is 5.91 Å². The van der Waals surface area contributed by atoms with E-state index in [2.05, 4.69) is 5.32 Å². The zero-order chi connectivity index (χ0) is 24.7. The summed E-state index contributed by atoms with van der Waals surface area (Å²) in [5.41, 5.74) is 1.11. The molecule has 5 nitrogen and oxygen atoms in total. The second-order valence-electron chi connectivity index (χ2n) is 7.06. The summed E-state index contributed by atoms with van der Waals surface area (Å²) >= 11 is 25.9. The Morgan fingerprint density at radius 3 is 2.18 bits per heavy atom. The summed E-state index contributed by atoms with van der Waals surface area (Å²) < 4.78 is 27.6. The number of nitrogens with zero attached hydrogens (tertiary/aromatic N) is 1. The van der Waals surface area contributed by atoms with E-state index in [-0.39, 0.29) is 15.6 Å². The number of carbonyl (C=O) groups excluding carboxylic acids is 1. The minimum absolute atomic E-state index is 0.0456. The molecule has 3 aromatic rings. The number of carbonyl (C=O) groups is 1. The fraction of sp³-hybridized carbons (Fsp3) is 0.174. The van der Waals surface area contributed by atoms with E-state index in [0.717, 1.165) is 9.87 Å². The van der Waals surface area contributed by atoms with Gasteiger partial charge in [0.1, 0.15) is 6.54 Å². The van der Waals surface area contributed by atoms with Crippen molar-refractivity contribution < 1.29 is 13.2 Å². The molecule has 0 spiro atoms. The summed E-state index contributed by atoms with van der Waals surface area (Å²) in [6.45, 7) is -0.0887. The van der Waals surface area contributed by atoms with Crippen molar-refractivity contribution in [3.8, 4) is 0 Å². The molecule has 11 heteroatoms. The molecule has 0 unspecified atom stereocenters. The number of anilines is 1. The quantitative estimate of drug-likeness (QED) is 0.278. The van der Waals surface area contributed by atoms with E-state index in [0.29, 0.717) is 33.1 Å². The molecule has 0 bridgehead atoms. The lowest BCUT2D eigenvalue weighted by molar-refractivity contribution is -0.119. The lowest BCUT2D eigenvalue weighted by atomic mass is 10.2. The normalized spacial score (nSPS) is 11.3. The molecule has 180 valence electrons. The predicted molar refractivity (Wildman–Crippen MR) is 143 cm³/mol. The first kappa shape index (κ1) is 27.0. The minimum Gasteiger partial charge on any atom is -0.354 e. The van der Waals surface area contributed by atoms with Crippen LogP contribution >= 0.6 is 58.2 Å². The topological polar surface area (TPSA) is 66.5 Å². The van der Waals surface area contributed by atoms with Crippen LogP contribution in [0.5, 0.6) is 0 Å². The van der Waals surface area contributed by atoms with Crippen LogP contribution in [0.1, 0.15) is 5.56 Å². The zero-order valence-electron chi connectivity index (χ0n) is 17.7. The van der Waals surface area contributed by atoms with Gasteiger partial charge in [-0.15, -0.1) is 0 Å². The Labute approximate surface area is 223 Å². The number of hydrogen-bond acceptors (Lipinski definition) is 4. The number of nitrogens with one attached hydrogen (secondary N) is 1. The molecule has 3 aromatic carbocycles. The van der Waals surface area contributed by atoms with Crippen molar-refractivity contribution >= 4 is 79.8 Å².